The minimum Gasteiger partial charge on any atom is -0.349 e. The molecular formula is C15H18N4O. The Labute approximate surface area is 117 Å². The average molecular weight is 270 g/mol. The smallest absolute Gasteiger partial charge is 0.251 e. The lowest BCUT2D eigenvalue weighted by atomic mass is 10.1. The monoisotopic (exact) mass is 270 g/mol. The highest BCUT2D eigenvalue weighted by Gasteiger charge is 2.46. The molecule has 104 valence electrons. The first-order chi connectivity index (χ1) is 9.45. The van der Waals surface area contributed by atoms with Crippen molar-refractivity contribution in [2.45, 2.75) is 33.2 Å². The van der Waals surface area contributed by atoms with Crippen LogP contribution in [0.2, 0.25) is 0 Å². The van der Waals surface area contributed by atoms with Crippen LogP contribution >= 0.6 is 0 Å². The number of amides is 1. The Morgan fingerprint density at radius 2 is 2.00 bits per heavy atom. The summed E-state index contributed by atoms with van der Waals surface area (Å²) in [5.74, 6) is 1.41. The van der Waals surface area contributed by atoms with E-state index in [2.05, 4.69) is 34.3 Å². The zero-order valence-corrected chi connectivity index (χ0v) is 11.9. The van der Waals surface area contributed by atoms with Gasteiger partial charge in [0.1, 0.15) is 5.82 Å². The highest BCUT2D eigenvalue weighted by Crippen LogP contribution is 2.44. The first-order valence-electron chi connectivity index (χ1n) is 6.76. The van der Waals surface area contributed by atoms with Crippen molar-refractivity contribution in [1.29, 1.82) is 0 Å². The van der Waals surface area contributed by atoms with E-state index in [1.54, 1.807) is 0 Å². The molecule has 0 radical (unpaired) electrons. The van der Waals surface area contributed by atoms with Crippen LogP contribution in [0.5, 0.6) is 0 Å². The molecule has 1 aromatic carbocycles. The first kappa shape index (κ1) is 12.8. The van der Waals surface area contributed by atoms with Gasteiger partial charge < -0.3 is 5.32 Å². The molecule has 20 heavy (non-hydrogen) atoms. The molecule has 0 unspecified atom stereocenters. The number of aromatic amines is 1. The number of nitrogens with zero attached hydrogens (tertiary/aromatic N) is 2. The minimum absolute atomic E-state index is 0.0155. The predicted octanol–water partition coefficient (Wildman–Crippen LogP) is 2.31. The number of carbonyl (C=O) groups is 1. The quantitative estimate of drug-likeness (QED) is 0.899. The predicted molar refractivity (Wildman–Crippen MR) is 76.2 cm³/mol. The van der Waals surface area contributed by atoms with E-state index in [1.807, 2.05) is 31.2 Å². The fourth-order valence-corrected chi connectivity index (χ4v) is 2.20. The summed E-state index contributed by atoms with van der Waals surface area (Å²) < 4.78 is 0. The second-order valence-corrected chi connectivity index (χ2v) is 6.04. The molecule has 2 aromatic rings. The van der Waals surface area contributed by atoms with Crippen molar-refractivity contribution in [3.8, 4) is 11.4 Å². The largest absolute Gasteiger partial charge is 0.349 e. The molecule has 0 spiro atoms. The van der Waals surface area contributed by atoms with Crippen molar-refractivity contribution in [1.82, 2.24) is 20.5 Å². The number of aryl methyl sites for hydroxylation is 1. The molecule has 0 saturated heterocycles. The molecule has 0 bridgehead atoms. The Balaban J connectivity index is 1.71. The SMILES string of the molecule is Cc1nc(-c2ccc(C(=O)N[C@H]3CC3(C)C)cc2)n[nH]1. The van der Waals surface area contributed by atoms with Gasteiger partial charge in [-0.1, -0.05) is 26.0 Å². The summed E-state index contributed by atoms with van der Waals surface area (Å²) in [5.41, 5.74) is 1.81. The summed E-state index contributed by atoms with van der Waals surface area (Å²) in [6, 6.07) is 7.66. The zero-order chi connectivity index (χ0) is 14.3. The van der Waals surface area contributed by atoms with Gasteiger partial charge in [-0.25, -0.2) is 4.98 Å². The standard InChI is InChI=1S/C15H18N4O/c1-9-16-13(19-18-9)10-4-6-11(7-5-10)14(20)17-12-8-15(12,2)3/h4-7,12H,8H2,1-3H3,(H,17,20)(H,16,18,19)/t12-/m0/s1. The number of hydrogen-bond acceptors (Lipinski definition) is 3. The summed E-state index contributed by atoms with van der Waals surface area (Å²) in [5, 5.41) is 9.96. The van der Waals surface area contributed by atoms with E-state index in [0.717, 1.165) is 17.8 Å². The van der Waals surface area contributed by atoms with Gasteiger partial charge in [0.25, 0.3) is 5.91 Å². The Bertz CT molecular complexity index is 642. The lowest BCUT2D eigenvalue weighted by Gasteiger charge is -2.07. The summed E-state index contributed by atoms with van der Waals surface area (Å²) in [6.45, 7) is 6.18. The molecule has 1 aliphatic carbocycles. The van der Waals surface area contributed by atoms with Crippen LogP contribution in [0.1, 0.15) is 36.5 Å². The van der Waals surface area contributed by atoms with Crippen LogP contribution in [0.4, 0.5) is 0 Å². The van der Waals surface area contributed by atoms with Gasteiger partial charge in [0.2, 0.25) is 0 Å². The number of carbonyl (C=O) groups excluding carboxylic acids is 1. The molecule has 1 aliphatic rings. The van der Waals surface area contributed by atoms with Gasteiger partial charge in [-0.15, -0.1) is 0 Å². The van der Waals surface area contributed by atoms with E-state index in [1.165, 1.54) is 0 Å². The van der Waals surface area contributed by atoms with E-state index >= 15 is 0 Å². The maximum absolute atomic E-state index is 12.1. The Hall–Kier alpha value is -2.17. The zero-order valence-electron chi connectivity index (χ0n) is 11.9. The number of benzene rings is 1. The van der Waals surface area contributed by atoms with Crippen LogP contribution < -0.4 is 5.32 Å². The first-order valence-corrected chi connectivity index (χ1v) is 6.76. The topological polar surface area (TPSA) is 70.7 Å². The number of aromatic nitrogens is 3. The number of nitrogens with one attached hydrogen (secondary N) is 2. The third-order valence-electron chi connectivity index (χ3n) is 3.82. The normalized spacial score (nSPS) is 19.6. The second kappa shape index (κ2) is 4.44. The molecule has 3 rings (SSSR count). The van der Waals surface area contributed by atoms with Crippen LogP contribution in [0.15, 0.2) is 24.3 Å². The van der Waals surface area contributed by atoms with E-state index < -0.39 is 0 Å². The summed E-state index contributed by atoms with van der Waals surface area (Å²) in [4.78, 5) is 16.4. The highest BCUT2D eigenvalue weighted by atomic mass is 16.1. The van der Waals surface area contributed by atoms with Gasteiger partial charge in [0.15, 0.2) is 5.82 Å². The third kappa shape index (κ3) is 2.43. The van der Waals surface area contributed by atoms with Crippen LogP contribution in [-0.4, -0.2) is 27.1 Å². The fourth-order valence-electron chi connectivity index (χ4n) is 2.20. The molecule has 1 aromatic heterocycles. The van der Waals surface area contributed by atoms with Crippen LogP contribution in [0.25, 0.3) is 11.4 Å². The average Bonchev–Trinajstić information content (AvgIpc) is 2.82. The number of hydrogen-bond donors (Lipinski definition) is 2. The van der Waals surface area contributed by atoms with Gasteiger partial charge in [-0.2, -0.15) is 5.10 Å². The second-order valence-electron chi connectivity index (χ2n) is 6.04. The van der Waals surface area contributed by atoms with Gasteiger partial charge in [0, 0.05) is 17.2 Å². The van der Waals surface area contributed by atoms with Crippen molar-refractivity contribution in [3.05, 3.63) is 35.7 Å². The summed E-state index contributed by atoms with van der Waals surface area (Å²) in [6.07, 6.45) is 1.05. The van der Waals surface area contributed by atoms with Crippen molar-refractivity contribution in [2.24, 2.45) is 5.41 Å². The van der Waals surface area contributed by atoms with Crippen molar-refractivity contribution < 1.29 is 4.79 Å². The Morgan fingerprint density at radius 1 is 1.35 bits per heavy atom. The fraction of sp³-hybridized carbons (Fsp3) is 0.400. The lowest BCUT2D eigenvalue weighted by molar-refractivity contribution is 0.0946. The molecule has 5 nitrogen and oxygen atoms in total. The van der Waals surface area contributed by atoms with Gasteiger partial charge in [0.05, 0.1) is 0 Å². The highest BCUT2D eigenvalue weighted by molar-refractivity contribution is 5.95. The van der Waals surface area contributed by atoms with Crippen molar-refractivity contribution >= 4 is 5.91 Å². The maximum Gasteiger partial charge on any atom is 0.251 e. The molecule has 1 atom stereocenters. The van der Waals surface area contributed by atoms with E-state index in [9.17, 15) is 4.79 Å². The molecule has 0 aliphatic heterocycles. The lowest BCUT2D eigenvalue weighted by Crippen LogP contribution is -2.28. The maximum atomic E-state index is 12.1. The molecular weight excluding hydrogens is 252 g/mol. The van der Waals surface area contributed by atoms with Crippen LogP contribution in [0.3, 0.4) is 0 Å². The number of H-pyrrole nitrogens is 1. The van der Waals surface area contributed by atoms with Crippen molar-refractivity contribution in [3.63, 3.8) is 0 Å². The van der Waals surface area contributed by atoms with Crippen LogP contribution in [-0.2, 0) is 0 Å². The molecule has 1 amide bonds. The van der Waals surface area contributed by atoms with E-state index in [4.69, 9.17) is 0 Å². The Kier molecular flexibility index (Phi) is 2.85. The molecule has 5 heteroatoms. The molecule has 1 heterocycles. The molecule has 2 N–H and O–H groups in total. The number of rotatable bonds is 3. The summed E-state index contributed by atoms with van der Waals surface area (Å²) >= 11 is 0. The van der Waals surface area contributed by atoms with Crippen LogP contribution in [0, 0.1) is 12.3 Å². The van der Waals surface area contributed by atoms with E-state index in [-0.39, 0.29) is 11.3 Å². The Morgan fingerprint density at radius 3 is 2.50 bits per heavy atom. The summed E-state index contributed by atoms with van der Waals surface area (Å²) in [7, 11) is 0. The van der Waals surface area contributed by atoms with E-state index in [0.29, 0.717) is 17.4 Å². The van der Waals surface area contributed by atoms with Crippen molar-refractivity contribution in [2.75, 3.05) is 0 Å². The third-order valence-corrected chi connectivity index (χ3v) is 3.82. The minimum atomic E-state index is -0.0155. The molecule has 1 fully saturated rings. The molecule has 1 saturated carbocycles. The van der Waals surface area contributed by atoms with Gasteiger partial charge >= 0.3 is 0 Å². The van der Waals surface area contributed by atoms with Gasteiger partial charge in [-0.3, -0.25) is 9.89 Å². The van der Waals surface area contributed by atoms with Gasteiger partial charge in [-0.05, 0) is 30.9 Å².